The second-order valence-corrected chi connectivity index (χ2v) is 5.56. The van der Waals surface area contributed by atoms with Gasteiger partial charge in [0.05, 0.1) is 17.1 Å². The van der Waals surface area contributed by atoms with Crippen molar-refractivity contribution < 1.29 is 0 Å². The summed E-state index contributed by atoms with van der Waals surface area (Å²) >= 11 is 0. The Kier molecular flexibility index (Phi) is 3.08. The van der Waals surface area contributed by atoms with Crippen LogP contribution in [0.15, 0.2) is 18.2 Å². The van der Waals surface area contributed by atoms with Gasteiger partial charge in [0.2, 0.25) is 0 Å². The van der Waals surface area contributed by atoms with E-state index in [0.29, 0.717) is 12.0 Å². The van der Waals surface area contributed by atoms with Gasteiger partial charge < -0.3 is 10.3 Å². The first-order chi connectivity index (χ1) is 8.74. The average molecular weight is 243 g/mol. The Morgan fingerprint density at radius 2 is 2.17 bits per heavy atom. The predicted molar refractivity (Wildman–Crippen MR) is 74.8 cm³/mol. The number of hydrogen-bond donors (Lipinski definition) is 2. The van der Waals surface area contributed by atoms with E-state index in [0.717, 1.165) is 17.9 Å². The Morgan fingerprint density at radius 3 is 2.89 bits per heavy atom. The Balaban J connectivity index is 1.94. The highest BCUT2D eigenvalue weighted by Crippen LogP contribution is 2.25. The van der Waals surface area contributed by atoms with Crippen molar-refractivity contribution in [3.05, 3.63) is 29.6 Å². The van der Waals surface area contributed by atoms with E-state index in [1.54, 1.807) is 0 Å². The number of piperidine rings is 1. The Bertz CT molecular complexity index is 536. The lowest BCUT2D eigenvalue weighted by Crippen LogP contribution is -2.27. The number of nitrogens with one attached hydrogen (secondary N) is 2. The molecule has 2 heterocycles. The van der Waals surface area contributed by atoms with Crippen molar-refractivity contribution in [2.45, 2.75) is 45.1 Å². The summed E-state index contributed by atoms with van der Waals surface area (Å²) in [6.45, 7) is 5.56. The van der Waals surface area contributed by atoms with Crippen LogP contribution in [0.4, 0.5) is 0 Å². The SMILES string of the molecule is CC(C)c1ccc2nc(C3CCCCN3)[nH]c2c1. The fourth-order valence-corrected chi connectivity index (χ4v) is 2.66. The average Bonchev–Trinajstić information content (AvgIpc) is 2.82. The molecule has 3 heteroatoms. The summed E-state index contributed by atoms with van der Waals surface area (Å²) in [5.74, 6) is 1.67. The molecule has 1 saturated heterocycles. The van der Waals surface area contributed by atoms with Crippen molar-refractivity contribution in [3.8, 4) is 0 Å². The van der Waals surface area contributed by atoms with Gasteiger partial charge in [-0.3, -0.25) is 0 Å². The number of benzene rings is 1. The third-order valence-electron chi connectivity index (χ3n) is 3.83. The molecule has 1 unspecified atom stereocenters. The molecule has 0 amide bonds. The first-order valence-electron chi connectivity index (χ1n) is 6.97. The Labute approximate surface area is 108 Å². The zero-order chi connectivity index (χ0) is 12.5. The molecule has 0 spiro atoms. The third-order valence-corrected chi connectivity index (χ3v) is 3.83. The Morgan fingerprint density at radius 1 is 1.28 bits per heavy atom. The molecule has 1 fully saturated rings. The molecule has 3 rings (SSSR count). The van der Waals surface area contributed by atoms with E-state index in [2.05, 4.69) is 42.3 Å². The fourth-order valence-electron chi connectivity index (χ4n) is 2.66. The van der Waals surface area contributed by atoms with Crippen molar-refractivity contribution >= 4 is 11.0 Å². The molecule has 1 aliphatic rings. The summed E-state index contributed by atoms with van der Waals surface area (Å²) in [7, 11) is 0. The van der Waals surface area contributed by atoms with E-state index >= 15 is 0 Å². The molecule has 0 radical (unpaired) electrons. The molecule has 1 atom stereocenters. The third kappa shape index (κ3) is 2.15. The summed E-state index contributed by atoms with van der Waals surface area (Å²) in [6, 6.07) is 6.97. The van der Waals surface area contributed by atoms with Crippen molar-refractivity contribution in [1.29, 1.82) is 0 Å². The normalized spacial score (nSPS) is 20.7. The topological polar surface area (TPSA) is 40.7 Å². The van der Waals surface area contributed by atoms with Gasteiger partial charge in [-0.2, -0.15) is 0 Å². The molecule has 96 valence electrons. The van der Waals surface area contributed by atoms with Gasteiger partial charge in [0, 0.05) is 0 Å². The van der Waals surface area contributed by atoms with Gasteiger partial charge in [-0.15, -0.1) is 0 Å². The first kappa shape index (κ1) is 11.7. The number of H-pyrrole nitrogens is 1. The largest absolute Gasteiger partial charge is 0.341 e. The maximum atomic E-state index is 4.72. The fraction of sp³-hybridized carbons (Fsp3) is 0.533. The van der Waals surface area contributed by atoms with Crippen LogP contribution in [-0.2, 0) is 0 Å². The van der Waals surface area contributed by atoms with E-state index in [4.69, 9.17) is 4.98 Å². The lowest BCUT2D eigenvalue weighted by atomic mass is 10.0. The van der Waals surface area contributed by atoms with Gasteiger partial charge in [0.25, 0.3) is 0 Å². The van der Waals surface area contributed by atoms with Crippen LogP contribution in [0.3, 0.4) is 0 Å². The minimum Gasteiger partial charge on any atom is -0.341 e. The van der Waals surface area contributed by atoms with E-state index in [-0.39, 0.29) is 0 Å². The Hall–Kier alpha value is -1.35. The first-order valence-corrected chi connectivity index (χ1v) is 6.97. The maximum Gasteiger partial charge on any atom is 0.124 e. The molecule has 0 saturated carbocycles. The minimum atomic E-state index is 0.411. The van der Waals surface area contributed by atoms with Gasteiger partial charge in [-0.1, -0.05) is 26.3 Å². The second-order valence-electron chi connectivity index (χ2n) is 5.56. The quantitative estimate of drug-likeness (QED) is 0.847. The van der Waals surface area contributed by atoms with Crippen LogP contribution >= 0.6 is 0 Å². The predicted octanol–water partition coefficient (Wildman–Crippen LogP) is 3.50. The zero-order valence-electron chi connectivity index (χ0n) is 11.2. The number of aromatic amines is 1. The molecular weight excluding hydrogens is 222 g/mol. The van der Waals surface area contributed by atoms with Gasteiger partial charge in [-0.05, 0) is 43.0 Å². The number of hydrogen-bond acceptors (Lipinski definition) is 2. The molecule has 2 N–H and O–H groups in total. The van der Waals surface area contributed by atoms with Crippen LogP contribution in [0.5, 0.6) is 0 Å². The summed E-state index contributed by atoms with van der Waals surface area (Å²) in [5.41, 5.74) is 3.62. The van der Waals surface area contributed by atoms with Crippen LogP contribution in [-0.4, -0.2) is 16.5 Å². The lowest BCUT2D eigenvalue weighted by Gasteiger charge is -2.21. The van der Waals surface area contributed by atoms with Crippen molar-refractivity contribution in [3.63, 3.8) is 0 Å². The summed E-state index contributed by atoms with van der Waals surface area (Å²) in [4.78, 5) is 8.21. The smallest absolute Gasteiger partial charge is 0.124 e. The van der Waals surface area contributed by atoms with Crippen LogP contribution in [0.2, 0.25) is 0 Å². The number of nitrogens with zero attached hydrogens (tertiary/aromatic N) is 1. The van der Waals surface area contributed by atoms with Gasteiger partial charge >= 0.3 is 0 Å². The number of imidazole rings is 1. The zero-order valence-corrected chi connectivity index (χ0v) is 11.2. The molecule has 0 aliphatic carbocycles. The number of fused-ring (bicyclic) bond motifs is 1. The molecule has 3 nitrogen and oxygen atoms in total. The minimum absolute atomic E-state index is 0.411. The highest BCUT2D eigenvalue weighted by Gasteiger charge is 2.18. The highest BCUT2D eigenvalue weighted by atomic mass is 15.0. The van der Waals surface area contributed by atoms with E-state index < -0.39 is 0 Å². The van der Waals surface area contributed by atoms with Gasteiger partial charge in [0.1, 0.15) is 5.82 Å². The van der Waals surface area contributed by atoms with Gasteiger partial charge in [-0.25, -0.2) is 4.98 Å². The van der Waals surface area contributed by atoms with Crippen molar-refractivity contribution in [2.24, 2.45) is 0 Å². The molecule has 1 aromatic carbocycles. The molecular formula is C15H21N3. The summed E-state index contributed by atoms with van der Waals surface area (Å²) in [5, 5.41) is 3.54. The van der Waals surface area contributed by atoms with Crippen LogP contribution in [0.25, 0.3) is 11.0 Å². The molecule has 1 aliphatic heterocycles. The molecule has 18 heavy (non-hydrogen) atoms. The summed E-state index contributed by atoms with van der Waals surface area (Å²) in [6.07, 6.45) is 3.77. The van der Waals surface area contributed by atoms with E-state index in [1.165, 1.54) is 30.3 Å². The molecule has 2 aromatic rings. The summed E-state index contributed by atoms with van der Waals surface area (Å²) < 4.78 is 0. The van der Waals surface area contributed by atoms with Crippen LogP contribution < -0.4 is 5.32 Å². The van der Waals surface area contributed by atoms with E-state index in [1.807, 2.05) is 0 Å². The van der Waals surface area contributed by atoms with Crippen molar-refractivity contribution in [1.82, 2.24) is 15.3 Å². The van der Waals surface area contributed by atoms with E-state index in [9.17, 15) is 0 Å². The lowest BCUT2D eigenvalue weighted by molar-refractivity contribution is 0.400. The maximum absolute atomic E-state index is 4.72. The number of aromatic nitrogens is 2. The van der Waals surface area contributed by atoms with Crippen LogP contribution in [0.1, 0.15) is 56.5 Å². The molecule has 1 aromatic heterocycles. The molecule has 0 bridgehead atoms. The highest BCUT2D eigenvalue weighted by molar-refractivity contribution is 5.76. The second kappa shape index (κ2) is 4.73. The number of rotatable bonds is 2. The van der Waals surface area contributed by atoms with Crippen molar-refractivity contribution in [2.75, 3.05) is 6.54 Å². The van der Waals surface area contributed by atoms with Crippen LogP contribution in [0, 0.1) is 0 Å². The van der Waals surface area contributed by atoms with Gasteiger partial charge in [0.15, 0.2) is 0 Å². The standard InChI is InChI=1S/C15H21N3/c1-10(2)11-6-7-12-14(9-11)18-15(17-12)13-5-3-4-8-16-13/h6-7,9-10,13,16H,3-5,8H2,1-2H3,(H,17,18). The monoisotopic (exact) mass is 243 g/mol.